The number of nitrogens with one attached hydrogen (secondary N) is 1. The predicted octanol–water partition coefficient (Wildman–Crippen LogP) is 2.57. The van der Waals surface area contributed by atoms with Crippen LogP contribution in [0.25, 0.3) is 0 Å². The molecule has 0 bridgehead atoms. The molecule has 0 radical (unpaired) electrons. The van der Waals surface area contributed by atoms with Crippen molar-refractivity contribution in [2.75, 3.05) is 18.4 Å². The molecule has 1 aliphatic heterocycles. The van der Waals surface area contributed by atoms with Crippen molar-refractivity contribution in [2.24, 2.45) is 0 Å². The normalized spacial score (nSPS) is 13.7. The minimum Gasteiger partial charge on any atom is -0.378 e. The van der Waals surface area contributed by atoms with E-state index in [2.05, 4.69) is 20.4 Å². The summed E-state index contributed by atoms with van der Waals surface area (Å²) in [6.45, 7) is 2.96. The molecule has 0 unspecified atom stereocenters. The molecule has 2 aromatic heterocycles. The largest absolute Gasteiger partial charge is 0.378 e. The molecule has 1 aliphatic rings. The van der Waals surface area contributed by atoms with Gasteiger partial charge in [-0.15, -0.1) is 0 Å². The van der Waals surface area contributed by atoms with Crippen LogP contribution in [0.15, 0.2) is 55.1 Å². The average molecular weight is 362 g/mol. The van der Waals surface area contributed by atoms with Crippen LogP contribution in [-0.2, 0) is 13.1 Å². The van der Waals surface area contributed by atoms with E-state index in [1.807, 2.05) is 35.4 Å². The fourth-order valence-corrected chi connectivity index (χ4v) is 3.17. The second-order valence-electron chi connectivity index (χ2n) is 6.64. The Bertz CT molecular complexity index is 884. The topological polar surface area (TPSA) is 75.9 Å². The molecule has 3 aromatic rings. The fraction of sp³-hybridized carbons (Fsp3) is 0.300. The van der Waals surface area contributed by atoms with E-state index >= 15 is 0 Å². The van der Waals surface area contributed by atoms with Crippen LogP contribution in [0.5, 0.6) is 0 Å². The summed E-state index contributed by atoms with van der Waals surface area (Å²) in [6.07, 6.45) is 9.39. The van der Waals surface area contributed by atoms with Gasteiger partial charge in [-0.05, 0) is 36.6 Å². The standard InChI is InChI=1S/C20H22N6O/c27-20(25-10-1-2-11-25)17-6-4-16(5-7-17)12-23-18-13-24-26(14-18)15-19-21-8-3-9-22-19/h3-9,13-14,23H,1-2,10-12,15H2. The lowest BCUT2D eigenvalue weighted by atomic mass is 10.1. The van der Waals surface area contributed by atoms with Crippen molar-refractivity contribution in [3.63, 3.8) is 0 Å². The minimum atomic E-state index is 0.136. The molecular formula is C20H22N6O. The van der Waals surface area contributed by atoms with Crippen molar-refractivity contribution < 1.29 is 4.79 Å². The fourth-order valence-electron chi connectivity index (χ4n) is 3.17. The van der Waals surface area contributed by atoms with Crippen molar-refractivity contribution in [3.8, 4) is 0 Å². The molecule has 0 saturated carbocycles. The summed E-state index contributed by atoms with van der Waals surface area (Å²) >= 11 is 0. The van der Waals surface area contributed by atoms with Crippen molar-refractivity contribution in [3.05, 3.63) is 72.1 Å². The van der Waals surface area contributed by atoms with Crippen molar-refractivity contribution in [2.45, 2.75) is 25.9 Å². The number of anilines is 1. The van der Waals surface area contributed by atoms with E-state index in [0.29, 0.717) is 13.1 Å². The SMILES string of the molecule is O=C(c1ccc(CNc2cnn(Cc3ncccn3)c2)cc1)N1CCCC1. The Labute approximate surface area is 158 Å². The second kappa shape index (κ2) is 7.99. The molecule has 7 nitrogen and oxygen atoms in total. The number of hydrogen-bond donors (Lipinski definition) is 1. The Morgan fingerprint density at radius 3 is 2.56 bits per heavy atom. The first-order valence-electron chi connectivity index (χ1n) is 9.18. The molecule has 1 saturated heterocycles. The van der Waals surface area contributed by atoms with Gasteiger partial charge in [-0.25, -0.2) is 9.97 Å². The van der Waals surface area contributed by atoms with Gasteiger partial charge < -0.3 is 10.2 Å². The summed E-state index contributed by atoms with van der Waals surface area (Å²) in [4.78, 5) is 22.7. The van der Waals surface area contributed by atoms with Gasteiger partial charge in [0.2, 0.25) is 0 Å². The Morgan fingerprint density at radius 1 is 1.07 bits per heavy atom. The van der Waals surface area contributed by atoms with E-state index in [-0.39, 0.29) is 5.91 Å². The highest BCUT2D eigenvalue weighted by atomic mass is 16.2. The molecule has 0 atom stereocenters. The molecule has 1 N–H and O–H groups in total. The van der Waals surface area contributed by atoms with E-state index in [9.17, 15) is 4.79 Å². The first-order chi connectivity index (χ1) is 13.3. The summed E-state index contributed by atoms with van der Waals surface area (Å²) in [6, 6.07) is 9.61. The number of likely N-dealkylation sites (tertiary alicyclic amines) is 1. The lowest BCUT2D eigenvalue weighted by molar-refractivity contribution is 0.0793. The van der Waals surface area contributed by atoms with E-state index in [1.54, 1.807) is 29.3 Å². The van der Waals surface area contributed by atoms with Crippen molar-refractivity contribution >= 4 is 11.6 Å². The van der Waals surface area contributed by atoms with E-state index in [1.165, 1.54) is 0 Å². The molecule has 3 heterocycles. The second-order valence-corrected chi connectivity index (χ2v) is 6.64. The van der Waals surface area contributed by atoms with Crippen LogP contribution in [0.2, 0.25) is 0 Å². The molecule has 1 fully saturated rings. The number of hydrogen-bond acceptors (Lipinski definition) is 5. The summed E-state index contributed by atoms with van der Waals surface area (Å²) in [5.74, 6) is 0.863. The Balaban J connectivity index is 1.32. The summed E-state index contributed by atoms with van der Waals surface area (Å²) in [7, 11) is 0. The smallest absolute Gasteiger partial charge is 0.253 e. The summed E-state index contributed by atoms with van der Waals surface area (Å²) in [5.41, 5.74) is 2.81. The number of amides is 1. The molecule has 138 valence electrons. The highest BCUT2D eigenvalue weighted by Gasteiger charge is 2.19. The zero-order valence-electron chi connectivity index (χ0n) is 15.1. The third-order valence-corrected chi connectivity index (χ3v) is 4.65. The van der Waals surface area contributed by atoms with E-state index < -0.39 is 0 Å². The average Bonchev–Trinajstić information content (AvgIpc) is 3.39. The molecular weight excluding hydrogens is 340 g/mol. The lowest BCUT2D eigenvalue weighted by Gasteiger charge is -2.15. The Hall–Kier alpha value is -3.22. The molecule has 7 heteroatoms. The van der Waals surface area contributed by atoms with Crippen LogP contribution >= 0.6 is 0 Å². The first-order valence-corrected chi connectivity index (χ1v) is 9.18. The van der Waals surface area contributed by atoms with Crippen LogP contribution in [0.1, 0.15) is 34.6 Å². The van der Waals surface area contributed by atoms with Gasteiger partial charge in [0, 0.05) is 43.8 Å². The molecule has 4 rings (SSSR count). The van der Waals surface area contributed by atoms with Crippen LogP contribution in [0, 0.1) is 0 Å². The number of rotatable bonds is 6. The number of carbonyl (C=O) groups excluding carboxylic acids is 1. The molecule has 0 aliphatic carbocycles. The number of aromatic nitrogens is 4. The van der Waals surface area contributed by atoms with Gasteiger partial charge in [0.05, 0.1) is 11.9 Å². The van der Waals surface area contributed by atoms with Crippen molar-refractivity contribution in [1.29, 1.82) is 0 Å². The summed E-state index contributed by atoms with van der Waals surface area (Å²) < 4.78 is 1.80. The third kappa shape index (κ3) is 4.31. The van der Waals surface area contributed by atoms with Gasteiger partial charge in [-0.2, -0.15) is 5.10 Å². The van der Waals surface area contributed by atoms with Gasteiger partial charge >= 0.3 is 0 Å². The maximum atomic E-state index is 12.4. The molecule has 0 spiro atoms. The third-order valence-electron chi connectivity index (χ3n) is 4.65. The maximum Gasteiger partial charge on any atom is 0.253 e. The number of benzene rings is 1. The molecule has 27 heavy (non-hydrogen) atoms. The van der Waals surface area contributed by atoms with Crippen molar-refractivity contribution in [1.82, 2.24) is 24.6 Å². The maximum absolute atomic E-state index is 12.4. The Morgan fingerprint density at radius 2 is 1.81 bits per heavy atom. The highest BCUT2D eigenvalue weighted by Crippen LogP contribution is 2.14. The zero-order chi connectivity index (χ0) is 18.5. The predicted molar refractivity (Wildman–Crippen MR) is 102 cm³/mol. The molecule has 1 aromatic carbocycles. The van der Waals surface area contributed by atoms with Crippen LogP contribution in [0.4, 0.5) is 5.69 Å². The van der Waals surface area contributed by atoms with Gasteiger partial charge in [0.15, 0.2) is 0 Å². The quantitative estimate of drug-likeness (QED) is 0.729. The summed E-state index contributed by atoms with van der Waals surface area (Å²) in [5, 5.41) is 7.68. The number of carbonyl (C=O) groups is 1. The lowest BCUT2D eigenvalue weighted by Crippen LogP contribution is -2.27. The van der Waals surface area contributed by atoms with E-state index in [4.69, 9.17) is 0 Å². The molecule has 1 amide bonds. The van der Waals surface area contributed by atoms with Gasteiger partial charge in [-0.1, -0.05) is 12.1 Å². The minimum absolute atomic E-state index is 0.136. The first kappa shape index (κ1) is 17.2. The van der Waals surface area contributed by atoms with Gasteiger partial charge in [0.25, 0.3) is 5.91 Å². The zero-order valence-corrected chi connectivity index (χ0v) is 15.1. The highest BCUT2D eigenvalue weighted by molar-refractivity contribution is 5.94. The number of nitrogens with zero attached hydrogens (tertiary/aromatic N) is 5. The van der Waals surface area contributed by atoms with Gasteiger partial charge in [-0.3, -0.25) is 9.48 Å². The van der Waals surface area contributed by atoms with Crippen LogP contribution in [0.3, 0.4) is 0 Å². The van der Waals surface area contributed by atoms with E-state index in [0.717, 1.165) is 48.6 Å². The Kier molecular flexibility index (Phi) is 5.09. The monoisotopic (exact) mass is 362 g/mol. The van der Waals surface area contributed by atoms with Gasteiger partial charge in [0.1, 0.15) is 12.4 Å². The van der Waals surface area contributed by atoms with Crippen LogP contribution in [-0.4, -0.2) is 43.6 Å². The van der Waals surface area contributed by atoms with Crippen LogP contribution < -0.4 is 5.32 Å².